The average molecular weight is 244 g/mol. The summed E-state index contributed by atoms with van der Waals surface area (Å²) in [5, 5.41) is 13.7. The standard InChI is InChI=1S/C12H8N2O2S/c15-12(16)8-1-3-13-11-9(8)5-10(14-11)7-2-4-17-6-7/h1-6H,(H,13,14)(H,15,16). The number of carboxylic acid groups (broad SMARTS) is 1. The number of aromatic carboxylic acids is 1. The topological polar surface area (TPSA) is 66.0 Å². The summed E-state index contributed by atoms with van der Waals surface area (Å²) < 4.78 is 0. The SMILES string of the molecule is O=C(O)c1ccnc2[nH]c(-c3ccsc3)cc12. The number of aromatic nitrogens is 2. The first-order valence-corrected chi connectivity index (χ1v) is 5.93. The number of fused-ring (bicyclic) bond motifs is 1. The number of hydrogen-bond acceptors (Lipinski definition) is 3. The number of hydrogen-bond donors (Lipinski definition) is 2. The Bertz CT molecular complexity index is 686. The van der Waals surface area contributed by atoms with Crippen LogP contribution >= 0.6 is 11.3 Å². The third-order valence-electron chi connectivity index (χ3n) is 2.59. The highest BCUT2D eigenvalue weighted by atomic mass is 32.1. The summed E-state index contributed by atoms with van der Waals surface area (Å²) >= 11 is 1.60. The third-order valence-corrected chi connectivity index (χ3v) is 3.28. The Labute approximate surface area is 101 Å². The molecule has 0 atom stereocenters. The Kier molecular flexibility index (Phi) is 2.19. The van der Waals surface area contributed by atoms with Crippen molar-refractivity contribution in [2.24, 2.45) is 0 Å². The number of nitrogens with one attached hydrogen (secondary N) is 1. The normalized spacial score (nSPS) is 10.8. The van der Waals surface area contributed by atoms with E-state index < -0.39 is 5.97 Å². The maximum Gasteiger partial charge on any atom is 0.336 e. The Morgan fingerprint density at radius 1 is 1.41 bits per heavy atom. The minimum atomic E-state index is -0.937. The van der Waals surface area contributed by atoms with Gasteiger partial charge in [-0.25, -0.2) is 9.78 Å². The molecule has 17 heavy (non-hydrogen) atoms. The molecule has 0 fully saturated rings. The first kappa shape index (κ1) is 10.0. The lowest BCUT2D eigenvalue weighted by Crippen LogP contribution is -1.96. The summed E-state index contributed by atoms with van der Waals surface area (Å²) in [5.41, 5.74) is 2.81. The molecule has 84 valence electrons. The second-order valence-electron chi connectivity index (χ2n) is 3.62. The lowest BCUT2D eigenvalue weighted by Gasteiger charge is -1.94. The van der Waals surface area contributed by atoms with Gasteiger partial charge >= 0.3 is 5.97 Å². The van der Waals surface area contributed by atoms with E-state index in [4.69, 9.17) is 5.11 Å². The number of pyridine rings is 1. The molecular weight excluding hydrogens is 236 g/mol. The highest BCUT2D eigenvalue weighted by Gasteiger charge is 2.12. The summed E-state index contributed by atoms with van der Waals surface area (Å²) in [6, 6.07) is 5.32. The molecule has 0 aliphatic carbocycles. The van der Waals surface area contributed by atoms with Gasteiger partial charge in [-0.1, -0.05) is 0 Å². The van der Waals surface area contributed by atoms with Crippen LogP contribution in [0.4, 0.5) is 0 Å². The van der Waals surface area contributed by atoms with Crippen LogP contribution in [0.15, 0.2) is 35.2 Å². The van der Waals surface area contributed by atoms with Crippen molar-refractivity contribution >= 4 is 28.3 Å². The number of carboxylic acids is 1. The first-order chi connectivity index (χ1) is 8.25. The molecule has 0 saturated carbocycles. The summed E-state index contributed by atoms with van der Waals surface area (Å²) in [6.07, 6.45) is 1.50. The van der Waals surface area contributed by atoms with Crippen molar-refractivity contribution in [1.29, 1.82) is 0 Å². The molecule has 0 saturated heterocycles. The third kappa shape index (κ3) is 1.60. The monoisotopic (exact) mass is 244 g/mol. The minimum absolute atomic E-state index is 0.271. The molecular formula is C12H8N2O2S. The molecule has 0 bridgehead atoms. The van der Waals surface area contributed by atoms with Gasteiger partial charge in [0.1, 0.15) is 5.65 Å². The zero-order valence-electron chi connectivity index (χ0n) is 8.68. The highest BCUT2D eigenvalue weighted by Crippen LogP contribution is 2.26. The fourth-order valence-electron chi connectivity index (χ4n) is 1.79. The Morgan fingerprint density at radius 2 is 2.29 bits per heavy atom. The zero-order chi connectivity index (χ0) is 11.8. The molecule has 0 unspecified atom stereocenters. The van der Waals surface area contributed by atoms with Gasteiger partial charge in [0.05, 0.1) is 5.56 Å². The highest BCUT2D eigenvalue weighted by molar-refractivity contribution is 7.08. The number of H-pyrrole nitrogens is 1. The largest absolute Gasteiger partial charge is 0.478 e. The molecule has 0 aromatic carbocycles. The quantitative estimate of drug-likeness (QED) is 0.728. The van der Waals surface area contributed by atoms with E-state index in [0.29, 0.717) is 11.0 Å². The van der Waals surface area contributed by atoms with Crippen molar-refractivity contribution < 1.29 is 9.90 Å². The smallest absolute Gasteiger partial charge is 0.336 e. The van der Waals surface area contributed by atoms with Crippen LogP contribution < -0.4 is 0 Å². The van der Waals surface area contributed by atoms with Crippen molar-refractivity contribution in [2.45, 2.75) is 0 Å². The van der Waals surface area contributed by atoms with Gasteiger partial charge < -0.3 is 10.1 Å². The van der Waals surface area contributed by atoms with Gasteiger partial charge in [0.2, 0.25) is 0 Å². The molecule has 5 heteroatoms. The van der Waals surface area contributed by atoms with E-state index >= 15 is 0 Å². The molecule has 0 aliphatic rings. The lowest BCUT2D eigenvalue weighted by atomic mass is 10.1. The summed E-state index contributed by atoms with van der Waals surface area (Å²) in [5.74, 6) is -0.937. The minimum Gasteiger partial charge on any atom is -0.478 e. The zero-order valence-corrected chi connectivity index (χ0v) is 9.49. The van der Waals surface area contributed by atoms with E-state index in [0.717, 1.165) is 11.3 Å². The van der Waals surface area contributed by atoms with E-state index in [1.165, 1.54) is 12.3 Å². The molecule has 0 amide bonds. The van der Waals surface area contributed by atoms with Gasteiger partial charge in [0, 0.05) is 28.2 Å². The van der Waals surface area contributed by atoms with Crippen LogP contribution in [-0.2, 0) is 0 Å². The molecule has 3 aromatic heterocycles. The molecule has 0 spiro atoms. The molecule has 3 aromatic rings. The van der Waals surface area contributed by atoms with Crippen molar-refractivity contribution in [2.75, 3.05) is 0 Å². The molecule has 3 rings (SSSR count). The van der Waals surface area contributed by atoms with Crippen molar-refractivity contribution in [1.82, 2.24) is 9.97 Å². The average Bonchev–Trinajstić information content (AvgIpc) is 2.96. The summed E-state index contributed by atoms with van der Waals surface area (Å²) in [4.78, 5) is 18.3. The maximum absolute atomic E-state index is 11.1. The Balaban J connectivity index is 2.26. The molecule has 4 nitrogen and oxygen atoms in total. The number of rotatable bonds is 2. The van der Waals surface area contributed by atoms with Crippen LogP contribution in [-0.4, -0.2) is 21.0 Å². The van der Waals surface area contributed by atoms with Crippen molar-refractivity contribution in [3.8, 4) is 11.3 Å². The number of carbonyl (C=O) groups is 1. The second kappa shape index (κ2) is 3.71. The van der Waals surface area contributed by atoms with Crippen LogP contribution in [0.25, 0.3) is 22.3 Å². The van der Waals surface area contributed by atoms with E-state index in [1.807, 2.05) is 22.9 Å². The van der Waals surface area contributed by atoms with Gasteiger partial charge in [-0.2, -0.15) is 11.3 Å². The van der Waals surface area contributed by atoms with E-state index in [2.05, 4.69) is 9.97 Å². The van der Waals surface area contributed by atoms with Crippen LogP contribution in [0.5, 0.6) is 0 Å². The fraction of sp³-hybridized carbons (Fsp3) is 0. The summed E-state index contributed by atoms with van der Waals surface area (Å²) in [6.45, 7) is 0. The maximum atomic E-state index is 11.1. The van der Waals surface area contributed by atoms with Gasteiger partial charge in [-0.15, -0.1) is 0 Å². The Hall–Kier alpha value is -2.14. The van der Waals surface area contributed by atoms with Crippen LogP contribution in [0, 0.1) is 0 Å². The van der Waals surface area contributed by atoms with E-state index in [-0.39, 0.29) is 5.56 Å². The van der Waals surface area contributed by atoms with Gasteiger partial charge in [0.15, 0.2) is 0 Å². The number of nitrogens with zero attached hydrogens (tertiary/aromatic N) is 1. The number of thiophene rings is 1. The number of aromatic amines is 1. The predicted molar refractivity (Wildman–Crippen MR) is 66.4 cm³/mol. The van der Waals surface area contributed by atoms with Crippen molar-refractivity contribution in [3.63, 3.8) is 0 Å². The second-order valence-corrected chi connectivity index (χ2v) is 4.40. The first-order valence-electron chi connectivity index (χ1n) is 4.99. The van der Waals surface area contributed by atoms with Crippen LogP contribution in [0.3, 0.4) is 0 Å². The van der Waals surface area contributed by atoms with Gasteiger partial charge in [-0.3, -0.25) is 0 Å². The van der Waals surface area contributed by atoms with Crippen LogP contribution in [0.1, 0.15) is 10.4 Å². The molecule has 2 N–H and O–H groups in total. The fourth-order valence-corrected chi connectivity index (χ4v) is 2.44. The molecule has 3 heterocycles. The van der Waals surface area contributed by atoms with Gasteiger partial charge in [0.25, 0.3) is 0 Å². The van der Waals surface area contributed by atoms with Gasteiger partial charge in [-0.05, 0) is 23.6 Å². The predicted octanol–water partition coefficient (Wildman–Crippen LogP) is 2.99. The molecule has 0 aliphatic heterocycles. The van der Waals surface area contributed by atoms with Crippen LogP contribution in [0.2, 0.25) is 0 Å². The van der Waals surface area contributed by atoms with Crippen molar-refractivity contribution in [3.05, 3.63) is 40.7 Å². The lowest BCUT2D eigenvalue weighted by molar-refractivity contribution is 0.0699. The molecule has 0 radical (unpaired) electrons. The summed E-state index contributed by atoms with van der Waals surface area (Å²) in [7, 11) is 0. The van der Waals surface area contributed by atoms with E-state index in [1.54, 1.807) is 11.3 Å². The van der Waals surface area contributed by atoms with E-state index in [9.17, 15) is 4.79 Å². The Morgan fingerprint density at radius 3 is 3.00 bits per heavy atom.